The van der Waals surface area contributed by atoms with Crippen LogP contribution in [0.15, 0.2) is 0 Å². The smallest absolute Gasteiger partial charge is 0.00955 e. The molecule has 1 nitrogen and oxygen atoms in total. The number of rotatable bonds is 0. The van der Waals surface area contributed by atoms with E-state index in [9.17, 15) is 0 Å². The van der Waals surface area contributed by atoms with Gasteiger partial charge in [0.2, 0.25) is 0 Å². The normalized spacial score (nSPS) is 38.7. The van der Waals surface area contributed by atoms with Crippen LogP contribution < -0.4 is 5.73 Å². The third-order valence-electron chi connectivity index (χ3n) is 2.83. The molecule has 1 fully saturated rings. The lowest BCUT2D eigenvalue weighted by atomic mass is 9.60. The molecule has 2 unspecified atom stereocenters. The Morgan fingerprint density at radius 3 is 1.89 bits per heavy atom. The van der Waals surface area contributed by atoms with Crippen molar-refractivity contribution in [2.24, 2.45) is 17.1 Å². The molecule has 0 bridgehead atoms. The molecule has 0 spiro atoms. The fraction of sp³-hybridized carbons (Fsp3) is 1.00. The number of nitrogens with two attached hydrogens (primary N) is 1. The second-order valence-corrected chi connectivity index (χ2v) is 3.56. The molecule has 0 heterocycles. The van der Waals surface area contributed by atoms with Crippen LogP contribution in [0.5, 0.6) is 0 Å². The van der Waals surface area contributed by atoms with Crippen LogP contribution >= 0.6 is 12.4 Å². The maximum absolute atomic E-state index is 5.75. The molecular formula is C7H16ClN. The van der Waals surface area contributed by atoms with Crippen molar-refractivity contribution in [3.63, 3.8) is 0 Å². The van der Waals surface area contributed by atoms with Crippen LogP contribution in [0.1, 0.15) is 27.2 Å². The molecular weight excluding hydrogens is 134 g/mol. The second-order valence-electron chi connectivity index (χ2n) is 3.56. The predicted molar refractivity (Wildman–Crippen MR) is 42.8 cm³/mol. The molecule has 1 aliphatic carbocycles. The molecule has 2 heteroatoms. The van der Waals surface area contributed by atoms with Gasteiger partial charge in [0.15, 0.2) is 0 Å². The summed E-state index contributed by atoms with van der Waals surface area (Å²) >= 11 is 0. The van der Waals surface area contributed by atoms with Gasteiger partial charge in [0.25, 0.3) is 0 Å². The summed E-state index contributed by atoms with van der Waals surface area (Å²) in [5.74, 6) is 0.831. The van der Waals surface area contributed by atoms with E-state index in [1.165, 1.54) is 6.42 Å². The molecule has 0 aromatic carbocycles. The Balaban J connectivity index is 0.000000640. The van der Waals surface area contributed by atoms with Crippen molar-refractivity contribution < 1.29 is 0 Å². The fourth-order valence-electron chi connectivity index (χ4n) is 1.19. The zero-order chi connectivity index (χ0) is 6.36. The summed E-state index contributed by atoms with van der Waals surface area (Å²) in [5, 5.41) is 0. The van der Waals surface area contributed by atoms with E-state index in [-0.39, 0.29) is 12.4 Å². The molecule has 1 aliphatic rings. The lowest BCUT2D eigenvalue weighted by Gasteiger charge is -2.48. The maximum atomic E-state index is 5.75. The average Bonchev–Trinajstić information content (AvgIpc) is 1.68. The van der Waals surface area contributed by atoms with Crippen molar-refractivity contribution >= 4 is 12.4 Å². The standard InChI is InChI=1S/C7H15N.ClH/c1-5-4-6(8)7(5,2)3;/h5-6H,4,8H2,1-3H3;1H. The molecule has 0 aromatic heterocycles. The quantitative estimate of drug-likeness (QED) is 0.559. The largest absolute Gasteiger partial charge is 0.327 e. The minimum absolute atomic E-state index is 0. The van der Waals surface area contributed by atoms with Crippen LogP contribution in [-0.2, 0) is 0 Å². The van der Waals surface area contributed by atoms with Crippen LogP contribution in [0.2, 0.25) is 0 Å². The Morgan fingerprint density at radius 1 is 1.44 bits per heavy atom. The van der Waals surface area contributed by atoms with Crippen molar-refractivity contribution in [1.82, 2.24) is 0 Å². The van der Waals surface area contributed by atoms with Crippen LogP contribution in [0, 0.1) is 11.3 Å². The highest BCUT2D eigenvalue weighted by atomic mass is 35.5. The van der Waals surface area contributed by atoms with E-state index in [4.69, 9.17) is 5.73 Å². The SMILES string of the molecule is CC1CC(N)C1(C)C.Cl. The molecule has 0 saturated heterocycles. The summed E-state index contributed by atoms with van der Waals surface area (Å²) in [5.41, 5.74) is 6.16. The van der Waals surface area contributed by atoms with Crippen molar-refractivity contribution in [2.75, 3.05) is 0 Å². The summed E-state index contributed by atoms with van der Waals surface area (Å²) in [6.45, 7) is 6.75. The highest BCUT2D eigenvalue weighted by Crippen LogP contribution is 2.44. The molecule has 1 saturated carbocycles. The van der Waals surface area contributed by atoms with Gasteiger partial charge in [0.05, 0.1) is 0 Å². The highest BCUT2D eigenvalue weighted by Gasteiger charge is 2.42. The summed E-state index contributed by atoms with van der Waals surface area (Å²) in [6.07, 6.45) is 1.22. The first kappa shape index (κ1) is 9.25. The molecule has 0 radical (unpaired) electrons. The van der Waals surface area contributed by atoms with Gasteiger partial charge in [0.1, 0.15) is 0 Å². The van der Waals surface area contributed by atoms with Gasteiger partial charge < -0.3 is 5.73 Å². The third-order valence-corrected chi connectivity index (χ3v) is 2.83. The van der Waals surface area contributed by atoms with E-state index in [0.717, 1.165) is 5.92 Å². The van der Waals surface area contributed by atoms with E-state index < -0.39 is 0 Å². The first-order valence-corrected chi connectivity index (χ1v) is 3.30. The Morgan fingerprint density at radius 2 is 1.89 bits per heavy atom. The summed E-state index contributed by atoms with van der Waals surface area (Å²) in [7, 11) is 0. The molecule has 2 N–H and O–H groups in total. The first-order valence-electron chi connectivity index (χ1n) is 3.30. The average molecular weight is 150 g/mol. The molecule has 56 valence electrons. The minimum Gasteiger partial charge on any atom is -0.327 e. The fourth-order valence-corrected chi connectivity index (χ4v) is 1.19. The predicted octanol–water partition coefficient (Wildman–Crippen LogP) is 1.80. The topological polar surface area (TPSA) is 26.0 Å². The third kappa shape index (κ3) is 1.22. The molecule has 1 rings (SSSR count). The van der Waals surface area contributed by atoms with Gasteiger partial charge in [-0.05, 0) is 17.8 Å². The maximum Gasteiger partial charge on any atom is 0.00955 e. The molecule has 0 aliphatic heterocycles. The first-order chi connectivity index (χ1) is 3.55. The Kier molecular flexibility index (Phi) is 2.54. The second kappa shape index (κ2) is 2.47. The van der Waals surface area contributed by atoms with Crippen molar-refractivity contribution in [3.8, 4) is 0 Å². The molecule has 0 aromatic rings. The lowest BCUT2D eigenvalue weighted by molar-refractivity contribution is 0.0527. The summed E-state index contributed by atoms with van der Waals surface area (Å²) in [6, 6.07) is 0.456. The van der Waals surface area contributed by atoms with Gasteiger partial charge >= 0.3 is 0 Å². The Hall–Kier alpha value is 0.250. The molecule has 0 amide bonds. The summed E-state index contributed by atoms with van der Waals surface area (Å²) < 4.78 is 0. The van der Waals surface area contributed by atoms with E-state index in [0.29, 0.717) is 11.5 Å². The Bertz CT molecular complexity index is 91.1. The zero-order valence-electron chi connectivity index (χ0n) is 6.35. The number of hydrogen-bond donors (Lipinski definition) is 1. The summed E-state index contributed by atoms with van der Waals surface area (Å²) in [4.78, 5) is 0. The van der Waals surface area contributed by atoms with Gasteiger partial charge in [-0.15, -0.1) is 12.4 Å². The van der Waals surface area contributed by atoms with Crippen LogP contribution in [-0.4, -0.2) is 6.04 Å². The van der Waals surface area contributed by atoms with Gasteiger partial charge in [0, 0.05) is 6.04 Å². The van der Waals surface area contributed by atoms with Crippen molar-refractivity contribution in [3.05, 3.63) is 0 Å². The zero-order valence-corrected chi connectivity index (χ0v) is 7.16. The minimum atomic E-state index is 0. The molecule has 2 atom stereocenters. The van der Waals surface area contributed by atoms with Gasteiger partial charge in [-0.2, -0.15) is 0 Å². The number of hydrogen-bond acceptors (Lipinski definition) is 1. The van der Waals surface area contributed by atoms with Crippen LogP contribution in [0.4, 0.5) is 0 Å². The van der Waals surface area contributed by atoms with E-state index >= 15 is 0 Å². The van der Waals surface area contributed by atoms with Crippen LogP contribution in [0.25, 0.3) is 0 Å². The van der Waals surface area contributed by atoms with E-state index in [1.807, 2.05) is 0 Å². The highest BCUT2D eigenvalue weighted by molar-refractivity contribution is 5.85. The van der Waals surface area contributed by atoms with E-state index in [1.54, 1.807) is 0 Å². The van der Waals surface area contributed by atoms with Gasteiger partial charge in [-0.3, -0.25) is 0 Å². The monoisotopic (exact) mass is 149 g/mol. The van der Waals surface area contributed by atoms with Crippen molar-refractivity contribution in [1.29, 1.82) is 0 Å². The van der Waals surface area contributed by atoms with Crippen LogP contribution in [0.3, 0.4) is 0 Å². The lowest BCUT2D eigenvalue weighted by Crippen LogP contribution is -2.53. The Labute approximate surface area is 63.4 Å². The van der Waals surface area contributed by atoms with Crippen molar-refractivity contribution in [2.45, 2.75) is 33.2 Å². The van der Waals surface area contributed by atoms with Gasteiger partial charge in [-0.25, -0.2) is 0 Å². The van der Waals surface area contributed by atoms with E-state index in [2.05, 4.69) is 20.8 Å². The van der Waals surface area contributed by atoms with Gasteiger partial charge in [-0.1, -0.05) is 20.8 Å². The molecule has 9 heavy (non-hydrogen) atoms. The number of halogens is 1.